The van der Waals surface area contributed by atoms with Gasteiger partial charge in [-0.2, -0.15) is 0 Å². The van der Waals surface area contributed by atoms with Gasteiger partial charge in [-0.05, 0) is 17.9 Å². The first-order valence-electron chi connectivity index (χ1n) is 6.49. The first-order valence-corrected chi connectivity index (χ1v) is 7.37. The van der Waals surface area contributed by atoms with Gasteiger partial charge < -0.3 is 0 Å². The fourth-order valence-corrected chi connectivity index (χ4v) is 3.02. The molecule has 0 aliphatic carbocycles. The maximum atomic E-state index is 4.68. The molecule has 0 atom stereocenters. The average Bonchev–Trinajstić information content (AvgIpc) is 2.91. The van der Waals surface area contributed by atoms with Gasteiger partial charge in [-0.25, -0.2) is 4.98 Å². The highest BCUT2D eigenvalue weighted by Gasteiger charge is 2.14. The van der Waals surface area contributed by atoms with Gasteiger partial charge in [0.1, 0.15) is 0 Å². The van der Waals surface area contributed by atoms with Crippen molar-refractivity contribution in [1.29, 1.82) is 0 Å². The third kappa shape index (κ3) is 2.19. The molecule has 0 N–H and O–H groups in total. The van der Waals surface area contributed by atoms with Crippen LogP contribution in [0.4, 0.5) is 0 Å². The van der Waals surface area contributed by atoms with E-state index in [0.29, 0.717) is 0 Å². The van der Waals surface area contributed by atoms with E-state index in [-0.39, 0.29) is 5.41 Å². The maximum absolute atomic E-state index is 4.68. The molecule has 2 aromatic heterocycles. The molecule has 0 spiro atoms. The zero-order valence-electron chi connectivity index (χ0n) is 11.8. The van der Waals surface area contributed by atoms with Crippen molar-refractivity contribution in [3.05, 3.63) is 47.1 Å². The summed E-state index contributed by atoms with van der Waals surface area (Å²) in [6.07, 6.45) is 2.12. The smallest absolute Gasteiger partial charge is 0.194 e. The minimum Gasteiger partial charge on any atom is -0.294 e. The molecule has 98 valence electrons. The average molecular weight is 270 g/mol. The van der Waals surface area contributed by atoms with Crippen LogP contribution in [0.1, 0.15) is 32.0 Å². The van der Waals surface area contributed by atoms with Crippen LogP contribution in [0.25, 0.3) is 16.2 Å². The van der Waals surface area contributed by atoms with Crippen LogP contribution in [0, 0.1) is 6.92 Å². The quantitative estimate of drug-likeness (QED) is 0.628. The number of rotatable bonds is 1. The van der Waals surface area contributed by atoms with Crippen LogP contribution in [0.3, 0.4) is 0 Å². The molecule has 0 fully saturated rings. The first kappa shape index (κ1) is 12.4. The van der Waals surface area contributed by atoms with E-state index in [9.17, 15) is 0 Å². The van der Waals surface area contributed by atoms with E-state index in [1.54, 1.807) is 11.3 Å². The Bertz CT molecular complexity index is 711. The van der Waals surface area contributed by atoms with Crippen LogP contribution >= 0.6 is 11.3 Å². The van der Waals surface area contributed by atoms with Crippen LogP contribution in [0.5, 0.6) is 0 Å². The lowest BCUT2D eigenvalue weighted by molar-refractivity contribution is 0.590. The van der Waals surface area contributed by atoms with E-state index in [0.717, 1.165) is 10.7 Å². The monoisotopic (exact) mass is 270 g/mol. The second-order valence-corrected chi connectivity index (χ2v) is 6.82. The molecule has 2 nitrogen and oxygen atoms in total. The SMILES string of the molecule is Cc1csc2nc(-c3ccc(C(C)(C)C)cc3)cn12. The Morgan fingerprint density at radius 3 is 2.37 bits per heavy atom. The summed E-state index contributed by atoms with van der Waals surface area (Å²) in [5, 5.41) is 2.13. The number of fused-ring (bicyclic) bond motifs is 1. The standard InChI is InChI=1S/C16H18N2S/c1-11-10-19-15-17-14(9-18(11)15)12-5-7-13(8-6-12)16(2,3)4/h5-10H,1-4H3. The highest BCUT2D eigenvalue weighted by atomic mass is 32.1. The van der Waals surface area contributed by atoms with Gasteiger partial charge in [0.15, 0.2) is 4.96 Å². The number of benzene rings is 1. The minimum absolute atomic E-state index is 0.198. The van der Waals surface area contributed by atoms with Crippen molar-refractivity contribution in [2.75, 3.05) is 0 Å². The normalized spacial score (nSPS) is 12.2. The third-order valence-corrected chi connectivity index (χ3v) is 4.39. The van der Waals surface area contributed by atoms with Gasteiger partial charge in [0.05, 0.1) is 5.69 Å². The largest absolute Gasteiger partial charge is 0.294 e. The predicted molar refractivity (Wildman–Crippen MR) is 81.9 cm³/mol. The Kier molecular flexibility index (Phi) is 2.75. The molecule has 0 aliphatic rings. The van der Waals surface area contributed by atoms with Crippen LogP contribution in [0.15, 0.2) is 35.8 Å². The Morgan fingerprint density at radius 1 is 1.11 bits per heavy atom. The Hall–Kier alpha value is -1.61. The molecule has 0 amide bonds. The zero-order chi connectivity index (χ0) is 13.6. The summed E-state index contributed by atoms with van der Waals surface area (Å²) in [6, 6.07) is 8.75. The molecule has 3 rings (SSSR count). The van der Waals surface area contributed by atoms with E-state index in [2.05, 4.69) is 72.9 Å². The molecule has 0 radical (unpaired) electrons. The van der Waals surface area contributed by atoms with Crippen molar-refractivity contribution in [2.45, 2.75) is 33.1 Å². The predicted octanol–water partition coefficient (Wildman–Crippen LogP) is 4.67. The summed E-state index contributed by atoms with van der Waals surface area (Å²) in [4.78, 5) is 5.74. The van der Waals surface area contributed by atoms with Gasteiger partial charge in [-0.3, -0.25) is 4.40 Å². The number of hydrogen-bond donors (Lipinski definition) is 0. The molecular weight excluding hydrogens is 252 g/mol. The van der Waals surface area contributed by atoms with Crippen LogP contribution in [-0.4, -0.2) is 9.38 Å². The zero-order valence-corrected chi connectivity index (χ0v) is 12.6. The topological polar surface area (TPSA) is 17.3 Å². The number of nitrogens with zero attached hydrogens (tertiary/aromatic N) is 2. The molecule has 2 heterocycles. The van der Waals surface area contributed by atoms with E-state index in [1.165, 1.54) is 16.8 Å². The summed E-state index contributed by atoms with van der Waals surface area (Å²) in [5.74, 6) is 0. The highest BCUT2D eigenvalue weighted by molar-refractivity contribution is 7.15. The number of thiazole rings is 1. The molecule has 3 heteroatoms. The molecule has 0 bridgehead atoms. The van der Waals surface area contributed by atoms with Crippen LogP contribution in [-0.2, 0) is 5.41 Å². The summed E-state index contributed by atoms with van der Waals surface area (Å²) in [7, 11) is 0. The number of aryl methyl sites for hydroxylation is 1. The second-order valence-electron chi connectivity index (χ2n) is 5.98. The minimum atomic E-state index is 0.198. The summed E-state index contributed by atoms with van der Waals surface area (Å²) < 4.78 is 2.15. The molecule has 0 saturated heterocycles. The number of aromatic nitrogens is 2. The molecule has 0 unspecified atom stereocenters. The summed E-state index contributed by atoms with van der Waals surface area (Å²) >= 11 is 1.69. The molecule has 1 aromatic carbocycles. The molecule has 0 aliphatic heterocycles. The lowest BCUT2D eigenvalue weighted by Crippen LogP contribution is -2.10. The van der Waals surface area contributed by atoms with Crippen molar-refractivity contribution in [3.63, 3.8) is 0 Å². The van der Waals surface area contributed by atoms with Gasteiger partial charge in [0.2, 0.25) is 0 Å². The highest BCUT2D eigenvalue weighted by Crippen LogP contribution is 2.27. The lowest BCUT2D eigenvalue weighted by Gasteiger charge is -2.18. The number of hydrogen-bond acceptors (Lipinski definition) is 2. The van der Waals surface area contributed by atoms with Crippen LogP contribution in [0.2, 0.25) is 0 Å². The Balaban J connectivity index is 2.02. The van der Waals surface area contributed by atoms with Gasteiger partial charge in [-0.1, -0.05) is 45.0 Å². The molecule has 3 aromatic rings. The Labute approximate surface area is 117 Å². The van der Waals surface area contributed by atoms with E-state index < -0.39 is 0 Å². The third-order valence-electron chi connectivity index (χ3n) is 3.44. The van der Waals surface area contributed by atoms with Crippen molar-refractivity contribution in [1.82, 2.24) is 9.38 Å². The molecule has 19 heavy (non-hydrogen) atoms. The maximum Gasteiger partial charge on any atom is 0.194 e. The fourth-order valence-electron chi connectivity index (χ4n) is 2.17. The lowest BCUT2D eigenvalue weighted by atomic mass is 9.86. The van der Waals surface area contributed by atoms with Crippen molar-refractivity contribution >= 4 is 16.3 Å². The van der Waals surface area contributed by atoms with Gasteiger partial charge in [-0.15, -0.1) is 11.3 Å². The number of imidazole rings is 1. The fraction of sp³-hybridized carbons (Fsp3) is 0.312. The van der Waals surface area contributed by atoms with E-state index >= 15 is 0 Å². The molecular formula is C16H18N2S. The van der Waals surface area contributed by atoms with E-state index in [4.69, 9.17) is 0 Å². The molecule has 0 saturated carbocycles. The second kappa shape index (κ2) is 4.20. The van der Waals surface area contributed by atoms with Gasteiger partial charge in [0.25, 0.3) is 0 Å². The van der Waals surface area contributed by atoms with E-state index in [1.807, 2.05) is 0 Å². The summed E-state index contributed by atoms with van der Waals surface area (Å²) in [6.45, 7) is 8.81. The van der Waals surface area contributed by atoms with Crippen molar-refractivity contribution < 1.29 is 0 Å². The van der Waals surface area contributed by atoms with Crippen molar-refractivity contribution in [2.24, 2.45) is 0 Å². The van der Waals surface area contributed by atoms with Gasteiger partial charge >= 0.3 is 0 Å². The van der Waals surface area contributed by atoms with Crippen molar-refractivity contribution in [3.8, 4) is 11.3 Å². The first-order chi connectivity index (χ1) is 8.95. The Morgan fingerprint density at radius 2 is 1.79 bits per heavy atom. The van der Waals surface area contributed by atoms with Gasteiger partial charge in [0, 0.05) is 22.8 Å². The van der Waals surface area contributed by atoms with Crippen LogP contribution < -0.4 is 0 Å². The summed E-state index contributed by atoms with van der Waals surface area (Å²) in [5.41, 5.74) is 5.03.